The highest BCUT2D eigenvalue weighted by molar-refractivity contribution is 6.29. The first kappa shape index (κ1) is 28.0. The lowest BCUT2D eigenvalue weighted by molar-refractivity contribution is 0.669. The zero-order valence-electron chi connectivity index (χ0n) is 27.6. The second kappa shape index (κ2) is 10.8. The maximum atomic E-state index is 6.19. The standard InChI is InChI=1S/C48H30N2O/c1-2-10-31(11-3-1)32-18-20-33(21-19-32)34-22-24-35(25-23-34)49-41-15-7-4-13-38(41)47-43(49)27-28-44-48(47)39-14-5-8-16-42(39)50(44)36-26-29-46-40(30-36)37-12-6-9-17-45(37)51-46/h1-30H. The SMILES string of the molecule is c1ccc(-c2ccc(-c3ccc(-n4c5ccccc5c5c6c7ccccc7n(-c7ccc8oc9ccccc9c8c7)c6ccc54)cc3)cc2)cc1. The predicted molar refractivity (Wildman–Crippen MR) is 213 cm³/mol. The van der Waals surface area contributed by atoms with Gasteiger partial charge in [0.1, 0.15) is 11.2 Å². The Morgan fingerprint density at radius 1 is 0.294 bits per heavy atom. The van der Waals surface area contributed by atoms with Crippen LogP contribution in [0.1, 0.15) is 0 Å². The monoisotopic (exact) mass is 650 g/mol. The lowest BCUT2D eigenvalue weighted by Gasteiger charge is -2.11. The van der Waals surface area contributed by atoms with Gasteiger partial charge in [-0.3, -0.25) is 0 Å². The van der Waals surface area contributed by atoms with E-state index >= 15 is 0 Å². The van der Waals surface area contributed by atoms with Crippen molar-refractivity contribution in [2.24, 2.45) is 0 Å². The third kappa shape index (κ3) is 4.19. The van der Waals surface area contributed by atoms with Crippen molar-refractivity contribution in [3.05, 3.63) is 182 Å². The van der Waals surface area contributed by atoms with Gasteiger partial charge in [0.25, 0.3) is 0 Å². The summed E-state index contributed by atoms with van der Waals surface area (Å²) in [5.41, 5.74) is 13.7. The fraction of sp³-hybridized carbons (Fsp3) is 0. The highest BCUT2D eigenvalue weighted by Crippen LogP contribution is 2.43. The molecule has 0 aliphatic heterocycles. The molecule has 0 aliphatic rings. The average Bonchev–Trinajstić information content (AvgIpc) is 3.86. The molecule has 0 radical (unpaired) electrons. The molecule has 0 saturated heterocycles. The molecule has 3 nitrogen and oxygen atoms in total. The van der Waals surface area contributed by atoms with E-state index in [-0.39, 0.29) is 0 Å². The first-order chi connectivity index (χ1) is 25.3. The zero-order chi connectivity index (χ0) is 33.5. The average molecular weight is 651 g/mol. The molecule has 0 aliphatic carbocycles. The molecule has 3 aromatic heterocycles. The van der Waals surface area contributed by atoms with Crippen molar-refractivity contribution >= 4 is 65.6 Å². The summed E-state index contributed by atoms with van der Waals surface area (Å²) in [6, 6.07) is 65.5. The highest BCUT2D eigenvalue weighted by atomic mass is 16.3. The van der Waals surface area contributed by atoms with Crippen LogP contribution in [0.2, 0.25) is 0 Å². The predicted octanol–water partition coefficient (Wildman–Crippen LogP) is 13.1. The minimum absolute atomic E-state index is 0.904. The van der Waals surface area contributed by atoms with Gasteiger partial charge in [0.05, 0.1) is 22.1 Å². The topological polar surface area (TPSA) is 23.0 Å². The molecular weight excluding hydrogens is 621 g/mol. The minimum Gasteiger partial charge on any atom is -0.456 e. The van der Waals surface area contributed by atoms with E-state index in [1.54, 1.807) is 0 Å². The van der Waals surface area contributed by atoms with Gasteiger partial charge in [-0.2, -0.15) is 0 Å². The molecule has 0 fully saturated rings. The van der Waals surface area contributed by atoms with Crippen molar-refractivity contribution < 1.29 is 4.42 Å². The van der Waals surface area contributed by atoms with E-state index in [2.05, 4.69) is 179 Å². The molecule has 0 N–H and O–H groups in total. The molecule has 238 valence electrons. The number of furan rings is 1. The number of rotatable bonds is 4. The molecule has 51 heavy (non-hydrogen) atoms. The van der Waals surface area contributed by atoms with Crippen molar-refractivity contribution in [1.29, 1.82) is 0 Å². The smallest absolute Gasteiger partial charge is 0.135 e. The molecular formula is C48H30N2O. The van der Waals surface area contributed by atoms with Gasteiger partial charge in [-0.05, 0) is 82.9 Å². The van der Waals surface area contributed by atoms with Crippen LogP contribution in [0.3, 0.4) is 0 Å². The number of nitrogens with zero attached hydrogens (tertiary/aromatic N) is 2. The number of hydrogen-bond acceptors (Lipinski definition) is 1. The first-order valence-electron chi connectivity index (χ1n) is 17.4. The van der Waals surface area contributed by atoms with Crippen molar-refractivity contribution in [3.63, 3.8) is 0 Å². The van der Waals surface area contributed by atoms with Crippen molar-refractivity contribution in [2.45, 2.75) is 0 Å². The van der Waals surface area contributed by atoms with Gasteiger partial charge in [0.15, 0.2) is 0 Å². The summed E-state index contributed by atoms with van der Waals surface area (Å²) >= 11 is 0. The van der Waals surface area contributed by atoms with Gasteiger partial charge >= 0.3 is 0 Å². The van der Waals surface area contributed by atoms with Gasteiger partial charge in [0, 0.05) is 43.7 Å². The van der Waals surface area contributed by atoms with E-state index in [9.17, 15) is 0 Å². The van der Waals surface area contributed by atoms with E-state index in [0.717, 1.165) is 33.3 Å². The molecule has 0 bridgehead atoms. The van der Waals surface area contributed by atoms with Crippen LogP contribution in [-0.2, 0) is 0 Å². The Labute approximate surface area is 293 Å². The highest BCUT2D eigenvalue weighted by Gasteiger charge is 2.21. The van der Waals surface area contributed by atoms with Crippen LogP contribution in [0, 0.1) is 0 Å². The van der Waals surface area contributed by atoms with Gasteiger partial charge in [-0.25, -0.2) is 0 Å². The van der Waals surface area contributed by atoms with Crippen LogP contribution < -0.4 is 0 Å². The Morgan fingerprint density at radius 3 is 1.37 bits per heavy atom. The molecule has 0 saturated carbocycles. The minimum atomic E-state index is 0.904. The Bertz CT molecular complexity index is 3100. The van der Waals surface area contributed by atoms with Gasteiger partial charge in [0.2, 0.25) is 0 Å². The quantitative estimate of drug-likeness (QED) is 0.186. The van der Waals surface area contributed by atoms with E-state index in [1.807, 2.05) is 12.1 Å². The van der Waals surface area contributed by atoms with Crippen molar-refractivity contribution in [1.82, 2.24) is 9.13 Å². The summed E-state index contributed by atoms with van der Waals surface area (Å²) in [6.07, 6.45) is 0. The summed E-state index contributed by atoms with van der Waals surface area (Å²) in [7, 11) is 0. The van der Waals surface area contributed by atoms with E-state index in [0.29, 0.717) is 0 Å². The largest absolute Gasteiger partial charge is 0.456 e. The number of para-hydroxylation sites is 3. The van der Waals surface area contributed by atoms with E-state index in [1.165, 1.54) is 65.9 Å². The first-order valence-corrected chi connectivity index (χ1v) is 17.4. The van der Waals surface area contributed by atoms with E-state index in [4.69, 9.17) is 4.42 Å². The third-order valence-corrected chi connectivity index (χ3v) is 10.5. The van der Waals surface area contributed by atoms with E-state index < -0.39 is 0 Å². The van der Waals surface area contributed by atoms with Crippen LogP contribution in [0.5, 0.6) is 0 Å². The van der Waals surface area contributed by atoms with Crippen LogP contribution in [-0.4, -0.2) is 9.13 Å². The molecule has 0 spiro atoms. The third-order valence-electron chi connectivity index (χ3n) is 10.5. The number of fused-ring (bicyclic) bond motifs is 10. The summed E-state index contributed by atoms with van der Waals surface area (Å²) < 4.78 is 11.0. The number of benzene rings is 8. The fourth-order valence-corrected chi connectivity index (χ4v) is 8.22. The summed E-state index contributed by atoms with van der Waals surface area (Å²) in [5.74, 6) is 0. The maximum absolute atomic E-state index is 6.19. The van der Waals surface area contributed by atoms with Gasteiger partial charge in [-0.1, -0.05) is 121 Å². The maximum Gasteiger partial charge on any atom is 0.135 e. The summed E-state index contributed by atoms with van der Waals surface area (Å²) in [4.78, 5) is 0. The van der Waals surface area contributed by atoms with Gasteiger partial charge in [-0.15, -0.1) is 0 Å². The molecule has 0 amide bonds. The van der Waals surface area contributed by atoms with Crippen LogP contribution in [0.4, 0.5) is 0 Å². The molecule has 0 unspecified atom stereocenters. The van der Waals surface area contributed by atoms with Crippen molar-refractivity contribution in [2.75, 3.05) is 0 Å². The summed E-state index contributed by atoms with van der Waals surface area (Å²) in [6.45, 7) is 0. The van der Waals surface area contributed by atoms with Crippen LogP contribution in [0.25, 0.3) is 99.2 Å². The lowest BCUT2D eigenvalue weighted by Crippen LogP contribution is -1.95. The second-order valence-corrected chi connectivity index (χ2v) is 13.3. The molecule has 3 heterocycles. The Balaban J connectivity index is 1.09. The normalized spacial score (nSPS) is 11.9. The van der Waals surface area contributed by atoms with Gasteiger partial charge < -0.3 is 13.6 Å². The summed E-state index contributed by atoms with van der Waals surface area (Å²) in [5, 5.41) is 7.29. The number of aromatic nitrogens is 2. The van der Waals surface area contributed by atoms with Crippen LogP contribution >= 0.6 is 0 Å². The molecule has 0 atom stereocenters. The number of hydrogen-bond donors (Lipinski definition) is 0. The molecule has 3 heteroatoms. The zero-order valence-corrected chi connectivity index (χ0v) is 27.6. The van der Waals surface area contributed by atoms with Crippen LogP contribution in [0.15, 0.2) is 186 Å². The lowest BCUT2D eigenvalue weighted by atomic mass is 10.0. The molecule has 11 rings (SSSR count). The molecule has 11 aromatic rings. The molecule has 8 aromatic carbocycles. The Kier molecular flexibility index (Phi) is 5.96. The second-order valence-electron chi connectivity index (χ2n) is 13.3. The Morgan fingerprint density at radius 2 is 0.745 bits per heavy atom. The Hall–Kier alpha value is -6.84. The fourth-order valence-electron chi connectivity index (χ4n) is 8.22. The van der Waals surface area contributed by atoms with Crippen molar-refractivity contribution in [3.8, 4) is 33.6 Å².